The van der Waals surface area contributed by atoms with Gasteiger partial charge in [-0.15, -0.1) is 11.6 Å². The Hall–Kier alpha value is -0.570. The smallest absolute Gasteiger partial charge is 0.0657 e. The number of rotatable bonds is 6. The molecule has 0 saturated heterocycles. The van der Waals surface area contributed by atoms with E-state index in [-0.39, 0.29) is 6.04 Å². The molecule has 0 spiro atoms. The van der Waals surface area contributed by atoms with Gasteiger partial charge in [0.2, 0.25) is 0 Å². The van der Waals surface area contributed by atoms with Gasteiger partial charge in [-0.1, -0.05) is 30.3 Å². The highest BCUT2D eigenvalue weighted by atomic mass is 35.5. The van der Waals surface area contributed by atoms with E-state index in [1.54, 1.807) is 7.11 Å². The maximum Gasteiger partial charge on any atom is 0.0657 e. The Morgan fingerprint density at radius 1 is 1.36 bits per heavy atom. The Kier molecular flexibility index (Phi) is 5.60. The number of alkyl halides is 1. The van der Waals surface area contributed by atoms with Crippen LogP contribution in [0.5, 0.6) is 0 Å². The van der Waals surface area contributed by atoms with Gasteiger partial charge in [0.15, 0.2) is 0 Å². The van der Waals surface area contributed by atoms with Crippen LogP contribution in [0.1, 0.15) is 11.6 Å². The van der Waals surface area contributed by atoms with Crippen molar-refractivity contribution in [2.45, 2.75) is 6.04 Å². The number of nitrogens with one attached hydrogen (secondary N) is 1. The van der Waals surface area contributed by atoms with Crippen molar-refractivity contribution in [1.82, 2.24) is 5.32 Å². The lowest BCUT2D eigenvalue weighted by Gasteiger charge is -2.17. The van der Waals surface area contributed by atoms with E-state index >= 15 is 0 Å². The van der Waals surface area contributed by atoms with E-state index < -0.39 is 0 Å². The third-order valence-corrected chi connectivity index (χ3v) is 2.21. The summed E-state index contributed by atoms with van der Waals surface area (Å²) in [7, 11) is 1.71. The zero-order valence-electron chi connectivity index (χ0n) is 8.37. The molecule has 1 aromatic rings. The second-order valence-corrected chi connectivity index (χ2v) is 3.44. The summed E-state index contributed by atoms with van der Waals surface area (Å²) in [4.78, 5) is 0. The minimum absolute atomic E-state index is 0.236. The molecule has 3 heteroatoms. The van der Waals surface area contributed by atoms with E-state index in [0.717, 1.165) is 6.54 Å². The summed E-state index contributed by atoms with van der Waals surface area (Å²) in [6.45, 7) is 1.46. The average molecular weight is 214 g/mol. The van der Waals surface area contributed by atoms with Crippen molar-refractivity contribution in [3.05, 3.63) is 35.9 Å². The molecule has 0 aliphatic carbocycles. The molecule has 14 heavy (non-hydrogen) atoms. The van der Waals surface area contributed by atoms with E-state index in [1.807, 2.05) is 18.2 Å². The van der Waals surface area contributed by atoms with E-state index in [1.165, 1.54) is 5.56 Å². The third-order valence-electron chi connectivity index (χ3n) is 2.02. The lowest BCUT2D eigenvalue weighted by atomic mass is 10.1. The second kappa shape index (κ2) is 6.82. The predicted octanol–water partition coefficient (Wildman–Crippen LogP) is 2.20. The molecular formula is C11H16ClNO. The lowest BCUT2D eigenvalue weighted by Crippen LogP contribution is -2.26. The molecule has 0 heterocycles. The van der Waals surface area contributed by atoms with Gasteiger partial charge in [-0.2, -0.15) is 0 Å². The average Bonchev–Trinajstić information content (AvgIpc) is 2.25. The molecule has 1 aromatic carbocycles. The van der Waals surface area contributed by atoms with Crippen molar-refractivity contribution in [2.24, 2.45) is 0 Å². The van der Waals surface area contributed by atoms with Gasteiger partial charge in [0, 0.05) is 19.5 Å². The maximum atomic E-state index is 5.63. The van der Waals surface area contributed by atoms with Crippen LogP contribution in [0, 0.1) is 0 Å². The molecule has 2 nitrogen and oxygen atoms in total. The summed E-state index contributed by atoms with van der Waals surface area (Å²) >= 11 is 5.63. The first-order valence-corrected chi connectivity index (χ1v) is 5.25. The molecule has 0 saturated carbocycles. The Morgan fingerprint density at radius 3 is 2.64 bits per heavy atom. The molecule has 78 valence electrons. The summed E-state index contributed by atoms with van der Waals surface area (Å²) in [5, 5.41) is 3.33. The standard InChI is InChI=1S/C11H16ClNO/c1-14-9-11(13-8-7-12)10-5-3-2-4-6-10/h2-6,11,13H,7-9H2,1H3/t11-/m0/s1. The Balaban J connectivity index is 2.58. The van der Waals surface area contributed by atoms with Gasteiger partial charge in [0.25, 0.3) is 0 Å². The van der Waals surface area contributed by atoms with Gasteiger partial charge in [0.05, 0.1) is 12.6 Å². The van der Waals surface area contributed by atoms with E-state index in [2.05, 4.69) is 17.4 Å². The number of hydrogen-bond acceptors (Lipinski definition) is 2. The van der Waals surface area contributed by atoms with Crippen LogP contribution in [-0.2, 0) is 4.74 Å². The first-order chi connectivity index (χ1) is 6.88. The van der Waals surface area contributed by atoms with Crippen molar-refractivity contribution < 1.29 is 4.74 Å². The molecule has 0 aliphatic heterocycles. The van der Waals surface area contributed by atoms with E-state index in [9.17, 15) is 0 Å². The van der Waals surface area contributed by atoms with Crippen LogP contribution < -0.4 is 5.32 Å². The number of ether oxygens (including phenoxy) is 1. The van der Waals surface area contributed by atoms with Crippen molar-refractivity contribution in [3.8, 4) is 0 Å². The van der Waals surface area contributed by atoms with Gasteiger partial charge in [0.1, 0.15) is 0 Å². The minimum atomic E-state index is 0.236. The van der Waals surface area contributed by atoms with Crippen LogP contribution >= 0.6 is 11.6 Å². The molecule has 1 N–H and O–H groups in total. The fraction of sp³-hybridized carbons (Fsp3) is 0.455. The number of benzene rings is 1. The fourth-order valence-corrected chi connectivity index (χ4v) is 1.46. The minimum Gasteiger partial charge on any atom is -0.383 e. The first kappa shape index (κ1) is 11.5. The Bertz CT molecular complexity index is 240. The van der Waals surface area contributed by atoms with Gasteiger partial charge in [-0.25, -0.2) is 0 Å². The van der Waals surface area contributed by atoms with Gasteiger partial charge in [-0.3, -0.25) is 0 Å². The summed E-state index contributed by atoms with van der Waals surface area (Å²) in [5.74, 6) is 0.618. The van der Waals surface area contributed by atoms with Gasteiger partial charge >= 0.3 is 0 Å². The molecule has 0 aromatic heterocycles. The van der Waals surface area contributed by atoms with Crippen LogP contribution in [-0.4, -0.2) is 26.1 Å². The maximum absolute atomic E-state index is 5.63. The molecular weight excluding hydrogens is 198 g/mol. The number of methoxy groups -OCH3 is 1. The zero-order valence-corrected chi connectivity index (χ0v) is 9.13. The zero-order chi connectivity index (χ0) is 10.2. The monoisotopic (exact) mass is 213 g/mol. The highest BCUT2D eigenvalue weighted by molar-refractivity contribution is 6.18. The first-order valence-electron chi connectivity index (χ1n) is 4.71. The van der Waals surface area contributed by atoms with Gasteiger partial charge < -0.3 is 10.1 Å². The summed E-state index contributed by atoms with van der Waals surface area (Å²) in [6, 6.07) is 10.5. The number of hydrogen-bond donors (Lipinski definition) is 1. The summed E-state index contributed by atoms with van der Waals surface area (Å²) in [5.41, 5.74) is 1.24. The molecule has 0 radical (unpaired) electrons. The van der Waals surface area contributed by atoms with E-state index in [4.69, 9.17) is 16.3 Å². The predicted molar refractivity (Wildman–Crippen MR) is 59.8 cm³/mol. The molecule has 1 rings (SSSR count). The molecule has 1 atom stereocenters. The highest BCUT2D eigenvalue weighted by Crippen LogP contribution is 2.12. The van der Waals surface area contributed by atoms with Crippen molar-refractivity contribution in [3.63, 3.8) is 0 Å². The van der Waals surface area contributed by atoms with Crippen molar-refractivity contribution in [1.29, 1.82) is 0 Å². The highest BCUT2D eigenvalue weighted by Gasteiger charge is 2.08. The quantitative estimate of drug-likeness (QED) is 0.732. The van der Waals surface area contributed by atoms with E-state index in [0.29, 0.717) is 12.5 Å². The lowest BCUT2D eigenvalue weighted by molar-refractivity contribution is 0.168. The molecule has 0 bridgehead atoms. The SMILES string of the molecule is COC[C@H](NCCCl)c1ccccc1. The molecule has 0 unspecified atom stereocenters. The molecule has 0 amide bonds. The van der Waals surface area contributed by atoms with Crippen LogP contribution in [0.15, 0.2) is 30.3 Å². The van der Waals surface area contributed by atoms with Crippen LogP contribution in [0.25, 0.3) is 0 Å². The van der Waals surface area contributed by atoms with Crippen LogP contribution in [0.2, 0.25) is 0 Å². The Morgan fingerprint density at radius 2 is 2.07 bits per heavy atom. The van der Waals surface area contributed by atoms with Crippen molar-refractivity contribution in [2.75, 3.05) is 26.1 Å². The third kappa shape index (κ3) is 3.66. The van der Waals surface area contributed by atoms with Crippen LogP contribution in [0.4, 0.5) is 0 Å². The fourth-order valence-electron chi connectivity index (χ4n) is 1.35. The normalized spacial score (nSPS) is 12.7. The van der Waals surface area contributed by atoms with Gasteiger partial charge in [-0.05, 0) is 5.56 Å². The number of halogens is 1. The molecule has 0 fully saturated rings. The topological polar surface area (TPSA) is 21.3 Å². The molecule has 0 aliphatic rings. The largest absolute Gasteiger partial charge is 0.383 e. The Labute approximate surface area is 90.2 Å². The van der Waals surface area contributed by atoms with Crippen LogP contribution in [0.3, 0.4) is 0 Å². The second-order valence-electron chi connectivity index (χ2n) is 3.06. The van der Waals surface area contributed by atoms with Crippen molar-refractivity contribution >= 4 is 11.6 Å². The summed E-state index contributed by atoms with van der Waals surface area (Å²) < 4.78 is 5.15. The summed E-state index contributed by atoms with van der Waals surface area (Å²) in [6.07, 6.45) is 0.